The quantitative estimate of drug-likeness (QED) is 0.919. The van der Waals surface area contributed by atoms with Crippen LogP contribution in [0.15, 0.2) is 59.1 Å². The number of halogens is 1. The van der Waals surface area contributed by atoms with Gasteiger partial charge in [-0.05, 0) is 33.6 Å². The predicted molar refractivity (Wildman–Crippen MR) is 86.6 cm³/mol. The Morgan fingerprint density at radius 2 is 1.86 bits per heavy atom. The Labute approximate surface area is 133 Å². The molecule has 2 atom stereocenters. The highest BCUT2D eigenvalue weighted by molar-refractivity contribution is 9.10. The third kappa shape index (κ3) is 3.64. The van der Waals surface area contributed by atoms with Crippen LogP contribution < -0.4 is 10.1 Å². The minimum atomic E-state index is -0.127. The molecule has 1 aliphatic heterocycles. The van der Waals surface area contributed by atoms with Gasteiger partial charge in [-0.15, -0.1) is 0 Å². The lowest BCUT2D eigenvalue weighted by Gasteiger charge is -2.31. The third-order valence-corrected chi connectivity index (χ3v) is 4.17. The van der Waals surface area contributed by atoms with Crippen molar-refractivity contribution in [3.05, 3.63) is 64.6 Å². The van der Waals surface area contributed by atoms with Gasteiger partial charge in [0.2, 0.25) is 0 Å². The summed E-state index contributed by atoms with van der Waals surface area (Å²) in [6, 6.07) is 18.1. The minimum Gasteiger partial charge on any atom is -0.482 e. The molecule has 0 amide bonds. The number of ether oxygens (including phenoxy) is 2. The molecule has 3 nitrogen and oxygen atoms in total. The number of para-hydroxylation sites is 1. The van der Waals surface area contributed by atoms with Crippen molar-refractivity contribution in [1.82, 2.24) is 5.32 Å². The Bertz CT molecular complexity index is 570. The maximum atomic E-state index is 6.26. The van der Waals surface area contributed by atoms with Crippen LogP contribution in [-0.2, 0) is 4.74 Å². The fourth-order valence-electron chi connectivity index (χ4n) is 2.46. The van der Waals surface area contributed by atoms with Crippen LogP contribution in [0.1, 0.15) is 11.7 Å². The molecule has 110 valence electrons. The van der Waals surface area contributed by atoms with Gasteiger partial charge in [-0.1, -0.05) is 42.5 Å². The van der Waals surface area contributed by atoms with Crippen molar-refractivity contribution in [2.24, 2.45) is 0 Å². The Morgan fingerprint density at radius 3 is 2.57 bits per heavy atom. The average Bonchev–Trinajstić information content (AvgIpc) is 2.56. The number of hydrogen-bond donors (Lipinski definition) is 1. The van der Waals surface area contributed by atoms with Gasteiger partial charge in [-0.2, -0.15) is 0 Å². The van der Waals surface area contributed by atoms with Crippen LogP contribution in [0.4, 0.5) is 0 Å². The number of nitrogens with one attached hydrogen (secondary N) is 1. The molecule has 1 N–H and O–H groups in total. The summed E-state index contributed by atoms with van der Waals surface area (Å²) in [5, 5.41) is 3.37. The molecule has 1 fully saturated rings. The summed E-state index contributed by atoms with van der Waals surface area (Å²) < 4.78 is 13.1. The van der Waals surface area contributed by atoms with Crippen LogP contribution >= 0.6 is 15.9 Å². The largest absolute Gasteiger partial charge is 0.482 e. The predicted octanol–water partition coefficient (Wildman–Crippen LogP) is 3.56. The Balaban J connectivity index is 1.87. The molecule has 0 bridgehead atoms. The second-order valence-corrected chi connectivity index (χ2v) is 5.85. The Hall–Kier alpha value is -1.36. The first-order valence-electron chi connectivity index (χ1n) is 7.13. The van der Waals surface area contributed by atoms with Crippen molar-refractivity contribution in [2.45, 2.75) is 12.2 Å². The monoisotopic (exact) mass is 345 g/mol. The van der Waals surface area contributed by atoms with Crippen LogP contribution in [0.5, 0.6) is 5.75 Å². The number of morpholine rings is 1. The fraction of sp³-hybridized carbons (Fsp3) is 0.294. The van der Waals surface area contributed by atoms with Gasteiger partial charge >= 0.3 is 0 Å². The van der Waals surface area contributed by atoms with Crippen LogP contribution in [0.3, 0.4) is 0 Å². The molecule has 2 aromatic rings. The minimum absolute atomic E-state index is 0.00764. The first kappa shape index (κ1) is 14.6. The van der Waals surface area contributed by atoms with Gasteiger partial charge in [0.25, 0.3) is 0 Å². The maximum absolute atomic E-state index is 6.26. The molecule has 3 rings (SSSR count). The third-order valence-electron chi connectivity index (χ3n) is 3.51. The molecule has 1 heterocycles. The smallest absolute Gasteiger partial charge is 0.151 e. The number of hydrogen-bond acceptors (Lipinski definition) is 3. The lowest BCUT2D eigenvalue weighted by Crippen LogP contribution is -2.43. The molecule has 21 heavy (non-hydrogen) atoms. The van der Waals surface area contributed by atoms with Crippen LogP contribution in [0.2, 0.25) is 0 Å². The summed E-state index contributed by atoms with van der Waals surface area (Å²) in [5.41, 5.74) is 1.13. The van der Waals surface area contributed by atoms with E-state index in [1.807, 2.05) is 42.5 Å². The summed E-state index contributed by atoms with van der Waals surface area (Å²) in [7, 11) is 0. The van der Waals surface area contributed by atoms with Crippen molar-refractivity contribution in [3.8, 4) is 5.75 Å². The summed E-state index contributed by atoms with van der Waals surface area (Å²) in [4.78, 5) is 0. The van der Waals surface area contributed by atoms with E-state index in [0.29, 0.717) is 6.61 Å². The molecule has 2 aromatic carbocycles. The molecule has 4 heteroatoms. The van der Waals surface area contributed by atoms with Crippen molar-refractivity contribution >= 4 is 15.9 Å². The Kier molecular flexibility index (Phi) is 4.91. The molecular weight excluding hydrogens is 327 g/mol. The molecule has 1 saturated heterocycles. The van der Waals surface area contributed by atoms with Gasteiger partial charge in [0.1, 0.15) is 11.9 Å². The van der Waals surface area contributed by atoms with Gasteiger partial charge in [0.15, 0.2) is 6.10 Å². The highest BCUT2D eigenvalue weighted by Gasteiger charge is 2.28. The molecule has 0 radical (unpaired) electrons. The summed E-state index contributed by atoms with van der Waals surface area (Å²) in [6.45, 7) is 2.41. The fourth-order valence-corrected chi connectivity index (χ4v) is 2.84. The molecule has 1 aliphatic rings. The van der Waals surface area contributed by atoms with E-state index in [2.05, 4.69) is 33.4 Å². The van der Waals surface area contributed by atoms with E-state index in [-0.39, 0.29) is 12.2 Å². The zero-order chi connectivity index (χ0) is 14.5. The van der Waals surface area contributed by atoms with Gasteiger partial charge in [0, 0.05) is 13.1 Å². The van der Waals surface area contributed by atoms with E-state index in [0.717, 1.165) is 28.9 Å². The maximum Gasteiger partial charge on any atom is 0.151 e. The first-order valence-corrected chi connectivity index (χ1v) is 7.92. The molecule has 0 saturated carbocycles. The van der Waals surface area contributed by atoms with E-state index in [9.17, 15) is 0 Å². The van der Waals surface area contributed by atoms with Crippen LogP contribution in [0.25, 0.3) is 0 Å². The van der Waals surface area contributed by atoms with Gasteiger partial charge in [0.05, 0.1) is 11.1 Å². The van der Waals surface area contributed by atoms with E-state index in [4.69, 9.17) is 9.47 Å². The van der Waals surface area contributed by atoms with Crippen molar-refractivity contribution < 1.29 is 9.47 Å². The zero-order valence-corrected chi connectivity index (χ0v) is 13.3. The lowest BCUT2D eigenvalue weighted by molar-refractivity contribution is -0.0434. The Morgan fingerprint density at radius 1 is 1.10 bits per heavy atom. The van der Waals surface area contributed by atoms with Gasteiger partial charge in [-0.3, -0.25) is 0 Å². The second-order valence-electron chi connectivity index (χ2n) is 4.99. The van der Waals surface area contributed by atoms with E-state index < -0.39 is 0 Å². The molecule has 0 aromatic heterocycles. The number of rotatable bonds is 4. The topological polar surface area (TPSA) is 30.5 Å². The van der Waals surface area contributed by atoms with E-state index in [1.54, 1.807) is 0 Å². The SMILES string of the molecule is [77Br]c1ccccc1O[C@H](c1ccccc1)[C@@H]1CNCCO1. The first-order chi connectivity index (χ1) is 10.3. The van der Waals surface area contributed by atoms with Crippen molar-refractivity contribution in [1.29, 1.82) is 0 Å². The number of benzene rings is 2. The van der Waals surface area contributed by atoms with E-state index in [1.165, 1.54) is 0 Å². The average molecular weight is 345 g/mol. The van der Waals surface area contributed by atoms with Crippen molar-refractivity contribution in [3.63, 3.8) is 0 Å². The molecule has 0 spiro atoms. The standard InChI is InChI=1S/C17H18BrNO2/c18-14-8-4-5-9-15(14)21-17(13-6-2-1-3-7-13)16-12-19-10-11-20-16/h1-9,16-17,19H,10-12H2/t16-,17+/m0/s1/i18-3. The van der Waals surface area contributed by atoms with Gasteiger partial charge < -0.3 is 14.8 Å². The highest BCUT2D eigenvalue weighted by Crippen LogP contribution is 2.31. The zero-order valence-electron chi connectivity index (χ0n) is 11.7. The van der Waals surface area contributed by atoms with Gasteiger partial charge in [-0.25, -0.2) is 0 Å². The van der Waals surface area contributed by atoms with Crippen LogP contribution in [-0.4, -0.2) is 25.8 Å². The molecule has 0 aliphatic carbocycles. The summed E-state index contributed by atoms with van der Waals surface area (Å²) in [5.74, 6) is 0.834. The second kappa shape index (κ2) is 7.07. The van der Waals surface area contributed by atoms with Crippen molar-refractivity contribution in [2.75, 3.05) is 19.7 Å². The summed E-state index contributed by atoms with van der Waals surface area (Å²) in [6.07, 6.45) is -0.119. The van der Waals surface area contributed by atoms with E-state index >= 15 is 0 Å². The molecular formula is C17H18BrNO2. The van der Waals surface area contributed by atoms with Crippen LogP contribution in [0, 0.1) is 0 Å². The summed E-state index contributed by atoms with van der Waals surface area (Å²) >= 11 is 3.54. The normalized spacial score (nSPS) is 20.0. The molecule has 0 unspecified atom stereocenters. The lowest BCUT2D eigenvalue weighted by atomic mass is 10.0. The highest BCUT2D eigenvalue weighted by atomic mass is 76.9.